The maximum atomic E-state index is 5.08. The van der Waals surface area contributed by atoms with Crippen LogP contribution < -0.4 is 0 Å². The van der Waals surface area contributed by atoms with E-state index in [9.17, 15) is 0 Å². The van der Waals surface area contributed by atoms with Crippen LogP contribution in [0.5, 0.6) is 0 Å². The first-order chi connectivity index (χ1) is 23.8. The number of nitrogens with zero attached hydrogens (tertiary/aromatic N) is 3. The normalized spacial score (nSPS) is 13.1. The minimum Gasteiger partial charge on any atom is -0.309 e. The van der Waals surface area contributed by atoms with Gasteiger partial charge in [0.15, 0.2) is 5.16 Å². The van der Waals surface area contributed by atoms with E-state index in [2.05, 4.69) is 172 Å². The van der Waals surface area contributed by atoms with E-state index in [0.717, 1.165) is 38.3 Å². The number of para-hydroxylation sites is 1. The Labute approximate surface area is 291 Å². The fourth-order valence-electron chi connectivity index (χ4n) is 7.45. The predicted octanol–water partition coefficient (Wildman–Crippen LogP) is 12.0. The van der Waals surface area contributed by atoms with E-state index >= 15 is 0 Å². The number of aromatic nitrogens is 3. The lowest BCUT2D eigenvalue weighted by Gasteiger charge is -2.21. The van der Waals surface area contributed by atoms with Crippen molar-refractivity contribution in [1.82, 2.24) is 14.5 Å². The molecule has 0 N–H and O–H groups in total. The zero-order valence-corrected chi connectivity index (χ0v) is 28.8. The summed E-state index contributed by atoms with van der Waals surface area (Å²) in [5.41, 5.74) is 15.4. The van der Waals surface area contributed by atoms with Gasteiger partial charge in [0.25, 0.3) is 0 Å². The van der Waals surface area contributed by atoms with Crippen molar-refractivity contribution in [3.05, 3.63) is 162 Å². The first-order valence-corrected chi connectivity index (χ1v) is 17.6. The summed E-state index contributed by atoms with van der Waals surface area (Å²) in [5.74, 6) is 0. The molecule has 0 saturated heterocycles. The molecule has 8 aromatic rings. The van der Waals surface area contributed by atoms with Crippen molar-refractivity contribution in [2.75, 3.05) is 0 Å². The third-order valence-corrected chi connectivity index (χ3v) is 10.9. The molecule has 2 heterocycles. The van der Waals surface area contributed by atoms with Gasteiger partial charge in [-0.3, -0.25) is 0 Å². The molecule has 0 amide bonds. The van der Waals surface area contributed by atoms with Crippen LogP contribution in [0.4, 0.5) is 0 Å². The van der Waals surface area contributed by atoms with E-state index in [4.69, 9.17) is 9.97 Å². The molecule has 0 radical (unpaired) electrons. The minimum absolute atomic E-state index is 0.0753. The number of benzene rings is 6. The van der Waals surface area contributed by atoms with Crippen molar-refractivity contribution in [2.24, 2.45) is 0 Å². The van der Waals surface area contributed by atoms with Crippen LogP contribution in [-0.4, -0.2) is 14.5 Å². The van der Waals surface area contributed by atoms with Gasteiger partial charge in [0.05, 0.1) is 22.4 Å². The number of aryl methyl sites for hydroxylation is 2. The third-order valence-electron chi connectivity index (χ3n) is 10.1. The van der Waals surface area contributed by atoms with Gasteiger partial charge in [-0.25, -0.2) is 9.97 Å². The molecule has 0 saturated carbocycles. The molecule has 0 aliphatic heterocycles. The molecule has 3 nitrogen and oxygen atoms in total. The SMILES string of the molecule is Cc1ccc(-c2cc(-c3ccc(C)cc3)nc(Sc3cccc(-n4c5ccccc5c5cc6c(cc54)C(C)(C)c4ccccc4-6)c3)n2)cc1. The van der Waals surface area contributed by atoms with Gasteiger partial charge in [0.2, 0.25) is 0 Å². The standard InChI is InChI=1S/C45H35N3S/c1-28-16-20-30(21-17-28)40-27-41(31-22-18-29(2)19-23-31)47-44(46-40)49-33-11-9-10-32(24-33)48-42-15-8-6-13-35(42)37-25-36-34-12-5-7-14-38(34)45(3,4)39(36)26-43(37)48/h5-27H,1-4H3. The van der Waals surface area contributed by atoms with Crippen LogP contribution in [0.1, 0.15) is 36.1 Å². The Kier molecular flexibility index (Phi) is 6.86. The van der Waals surface area contributed by atoms with Crippen molar-refractivity contribution < 1.29 is 0 Å². The maximum Gasteiger partial charge on any atom is 0.193 e. The molecule has 4 heteroatoms. The van der Waals surface area contributed by atoms with E-state index in [1.54, 1.807) is 11.8 Å². The quantitative estimate of drug-likeness (QED) is 0.174. The lowest BCUT2D eigenvalue weighted by molar-refractivity contribution is 0.661. The van der Waals surface area contributed by atoms with Gasteiger partial charge in [0, 0.05) is 37.9 Å². The molecule has 49 heavy (non-hydrogen) atoms. The molecular formula is C45H35N3S. The van der Waals surface area contributed by atoms with Gasteiger partial charge in [-0.2, -0.15) is 0 Å². The average Bonchev–Trinajstić information content (AvgIpc) is 3.56. The highest BCUT2D eigenvalue weighted by Crippen LogP contribution is 2.51. The monoisotopic (exact) mass is 649 g/mol. The lowest BCUT2D eigenvalue weighted by Crippen LogP contribution is -2.14. The summed E-state index contributed by atoms with van der Waals surface area (Å²) in [6, 6.07) is 50.5. The van der Waals surface area contributed by atoms with Gasteiger partial charge in [-0.1, -0.05) is 122 Å². The molecule has 2 aromatic heterocycles. The highest BCUT2D eigenvalue weighted by atomic mass is 32.2. The van der Waals surface area contributed by atoms with Crippen molar-refractivity contribution >= 4 is 33.6 Å². The molecule has 236 valence electrons. The first kappa shape index (κ1) is 29.7. The summed E-state index contributed by atoms with van der Waals surface area (Å²) in [5, 5.41) is 3.26. The molecular weight excluding hydrogens is 615 g/mol. The van der Waals surface area contributed by atoms with Crippen molar-refractivity contribution in [2.45, 2.75) is 43.2 Å². The van der Waals surface area contributed by atoms with E-state index in [1.807, 2.05) is 0 Å². The summed E-state index contributed by atoms with van der Waals surface area (Å²) >= 11 is 1.61. The Morgan fingerprint density at radius 1 is 0.531 bits per heavy atom. The number of rotatable bonds is 5. The minimum atomic E-state index is -0.0753. The first-order valence-electron chi connectivity index (χ1n) is 16.8. The van der Waals surface area contributed by atoms with Crippen LogP contribution in [0.15, 0.2) is 150 Å². The summed E-state index contributed by atoms with van der Waals surface area (Å²) < 4.78 is 2.43. The van der Waals surface area contributed by atoms with E-state index < -0.39 is 0 Å². The maximum absolute atomic E-state index is 5.08. The Morgan fingerprint density at radius 2 is 1.18 bits per heavy atom. The summed E-state index contributed by atoms with van der Waals surface area (Å²) in [4.78, 5) is 11.3. The van der Waals surface area contributed by atoms with Crippen LogP contribution in [0.25, 0.3) is 61.1 Å². The topological polar surface area (TPSA) is 30.7 Å². The molecule has 0 fully saturated rings. The van der Waals surface area contributed by atoms with Crippen LogP contribution in [0.3, 0.4) is 0 Å². The van der Waals surface area contributed by atoms with Gasteiger partial charge < -0.3 is 4.57 Å². The van der Waals surface area contributed by atoms with Crippen LogP contribution in [0, 0.1) is 13.8 Å². The van der Waals surface area contributed by atoms with Crippen LogP contribution in [-0.2, 0) is 5.41 Å². The Balaban J connectivity index is 1.17. The second-order valence-electron chi connectivity index (χ2n) is 13.7. The summed E-state index contributed by atoms with van der Waals surface area (Å²) in [7, 11) is 0. The average molecular weight is 650 g/mol. The molecule has 9 rings (SSSR count). The van der Waals surface area contributed by atoms with Gasteiger partial charge in [0.1, 0.15) is 0 Å². The lowest BCUT2D eigenvalue weighted by atomic mass is 9.82. The second-order valence-corrected chi connectivity index (χ2v) is 14.7. The Bertz CT molecular complexity index is 2490. The number of hydrogen-bond donors (Lipinski definition) is 0. The van der Waals surface area contributed by atoms with Crippen molar-refractivity contribution in [3.63, 3.8) is 0 Å². The Hall–Kier alpha value is -5.45. The van der Waals surface area contributed by atoms with Crippen LogP contribution in [0.2, 0.25) is 0 Å². The van der Waals surface area contributed by atoms with Gasteiger partial charge in [-0.15, -0.1) is 0 Å². The smallest absolute Gasteiger partial charge is 0.193 e. The van der Waals surface area contributed by atoms with E-state index in [-0.39, 0.29) is 5.41 Å². The zero-order chi connectivity index (χ0) is 33.3. The fraction of sp³-hybridized carbons (Fsp3) is 0.111. The molecule has 0 spiro atoms. The van der Waals surface area contributed by atoms with Crippen molar-refractivity contribution in [1.29, 1.82) is 0 Å². The number of fused-ring (bicyclic) bond motifs is 6. The molecule has 0 bridgehead atoms. The predicted molar refractivity (Wildman–Crippen MR) is 205 cm³/mol. The highest BCUT2D eigenvalue weighted by Gasteiger charge is 2.36. The van der Waals surface area contributed by atoms with E-state index in [0.29, 0.717) is 0 Å². The Morgan fingerprint density at radius 3 is 1.90 bits per heavy atom. The molecule has 1 aliphatic rings. The van der Waals surface area contributed by atoms with Crippen molar-refractivity contribution in [3.8, 4) is 39.3 Å². The second kappa shape index (κ2) is 11.3. The highest BCUT2D eigenvalue weighted by molar-refractivity contribution is 7.99. The zero-order valence-electron chi connectivity index (χ0n) is 28.0. The van der Waals surface area contributed by atoms with E-state index in [1.165, 1.54) is 55.2 Å². The fourth-order valence-corrected chi connectivity index (χ4v) is 8.27. The molecule has 6 aromatic carbocycles. The molecule has 1 aliphatic carbocycles. The number of hydrogen-bond acceptors (Lipinski definition) is 3. The summed E-state index contributed by atoms with van der Waals surface area (Å²) in [6.07, 6.45) is 0. The largest absolute Gasteiger partial charge is 0.309 e. The summed E-state index contributed by atoms with van der Waals surface area (Å²) in [6.45, 7) is 8.92. The third kappa shape index (κ3) is 4.98. The van der Waals surface area contributed by atoms with Gasteiger partial charge >= 0.3 is 0 Å². The molecule has 0 unspecified atom stereocenters. The molecule has 0 atom stereocenters. The van der Waals surface area contributed by atoms with Crippen LogP contribution >= 0.6 is 11.8 Å². The van der Waals surface area contributed by atoms with Gasteiger partial charge in [-0.05, 0) is 90.3 Å².